The summed E-state index contributed by atoms with van der Waals surface area (Å²) < 4.78 is 1.68. The van der Waals surface area contributed by atoms with Crippen LogP contribution in [0.15, 0.2) is 35.4 Å². The van der Waals surface area contributed by atoms with Crippen molar-refractivity contribution in [2.75, 3.05) is 13.1 Å². The van der Waals surface area contributed by atoms with Gasteiger partial charge in [0.25, 0.3) is 5.56 Å². The molecule has 4 nitrogen and oxygen atoms in total. The Hall–Kier alpha value is -1.68. The van der Waals surface area contributed by atoms with E-state index in [0.29, 0.717) is 11.9 Å². The number of benzene rings is 1. The number of hydrogen-bond donors (Lipinski definition) is 1. The van der Waals surface area contributed by atoms with Crippen LogP contribution in [0, 0.1) is 0 Å². The van der Waals surface area contributed by atoms with Gasteiger partial charge in [0.2, 0.25) is 0 Å². The van der Waals surface area contributed by atoms with E-state index in [1.807, 2.05) is 24.3 Å². The molecule has 0 aliphatic heterocycles. The minimum atomic E-state index is 0.0426. The molecule has 0 bridgehead atoms. The Morgan fingerprint density at radius 1 is 1.21 bits per heavy atom. The van der Waals surface area contributed by atoms with Crippen molar-refractivity contribution in [1.82, 2.24) is 14.9 Å². The SMILES string of the molecule is CCCCCNCCn1cnc2ccccc2c1=O. The van der Waals surface area contributed by atoms with Crippen LogP contribution in [0.1, 0.15) is 26.2 Å². The lowest BCUT2D eigenvalue weighted by Crippen LogP contribution is -2.27. The van der Waals surface area contributed by atoms with Gasteiger partial charge in [-0.3, -0.25) is 9.36 Å². The van der Waals surface area contributed by atoms with Crippen LogP contribution in [0.5, 0.6) is 0 Å². The fraction of sp³-hybridized carbons (Fsp3) is 0.467. The van der Waals surface area contributed by atoms with Gasteiger partial charge in [-0.25, -0.2) is 4.98 Å². The highest BCUT2D eigenvalue weighted by molar-refractivity contribution is 5.76. The number of aromatic nitrogens is 2. The molecular formula is C15H21N3O. The topological polar surface area (TPSA) is 46.9 Å². The van der Waals surface area contributed by atoms with Crippen LogP contribution in [0.3, 0.4) is 0 Å². The first-order valence-corrected chi connectivity index (χ1v) is 6.98. The van der Waals surface area contributed by atoms with Crippen LogP contribution in [0.2, 0.25) is 0 Å². The van der Waals surface area contributed by atoms with Gasteiger partial charge in [0.05, 0.1) is 17.2 Å². The van der Waals surface area contributed by atoms with Crippen LogP contribution in [-0.2, 0) is 6.54 Å². The Kier molecular flexibility index (Phi) is 5.10. The molecule has 0 atom stereocenters. The summed E-state index contributed by atoms with van der Waals surface area (Å²) >= 11 is 0. The third-order valence-electron chi connectivity index (χ3n) is 3.22. The molecular weight excluding hydrogens is 238 g/mol. The van der Waals surface area contributed by atoms with Crippen molar-refractivity contribution in [1.29, 1.82) is 0 Å². The molecule has 19 heavy (non-hydrogen) atoms. The van der Waals surface area contributed by atoms with E-state index < -0.39 is 0 Å². The van der Waals surface area contributed by atoms with E-state index in [1.54, 1.807) is 10.9 Å². The average Bonchev–Trinajstić information content (AvgIpc) is 2.45. The number of fused-ring (bicyclic) bond motifs is 1. The fourth-order valence-corrected chi connectivity index (χ4v) is 2.09. The molecule has 0 unspecified atom stereocenters. The largest absolute Gasteiger partial charge is 0.315 e. The lowest BCUT2D eigenvalue weighted by molar-refractivity contribution is 0.559. The van der Waals surface area contributed by atoms with E-state index in [9.17, 15) is 4.79 Å². The summed E-state index contributed by atoms with van der Waals surface area (Å²) in [5.41, 5.74) is 0.806. The second-order valence-corrected chi connectivity index (χ2v) is 4.72. The molecule has 0 aliphatic carbocycles. The number of nitrogens with zero attached hydrogens (tertiary/aromatic N) is 2. The third-order valence-corrected chi connectivity index (χ3v) is 3.22. The zero-order chi connectivity index (χ0) is 13.5. The normalized spacial score (nSPS) is 11.0. The van der Waals surface area contributed by atoms with E-state index >= 15 is 0 Å². The Morgan fingerprint density at radius 3 is 2.89 bits per heavy atom. The maximum atomic E-state index is 12.2. The lowest BCUT2D eigenvalue weighted by Gasteiger charge is -2.07. The Morgan fingerprint density at radius 2 is 2.05 bits per heavy atom. The molecule has 0 amide bonds. The first-order chi connectivity index (χ1) is 9.33. The van der Waals surface area contributed by atoms with E-state index in [1.165, 1.54) is 19.3 Å². The van der Waals surface area contributed by atoms with Crippen molar-refractivity contribution in [3.8, 4) is 0 Å². The second-order valence-electron chi connectivity index (χ2n) is 4.72. The number of para-hydroxylation sites is 1. The molecule has 0 aliphatic rings. The molecule has 0 fully saturated rings. The molecule has 1 aromatic carbocycles. The molecule has 2 rings (SSSR count). The summed E-state index contributed by atoms with van der Waals surface area (Å²) in [6.07, 6.45) is 5.32. The molecule has 2 aromatic rings. The molecule has 1 aromatic heterocycles. The minimum Gasteiger partial charge on any atom is -0.315 e. The van der Waals surface area contributed by atoms with Gasteiger partial charge in [0.15, 0.2) is 0 Å². The van der Waals surface area contributed by atoms with E-state index in [2.05, 4.69) is 17.2 Å². The predicted molar refractivity (Wildman–Crippen MR) is 78.4 cm³/mol. The van der Waals surface area contributed by atoms with Gasteiger partial charge in [-0.1, -0.05) is 31.9 Å². The molecule has 0 spiro atoms. The minimum absolute atomic E-state index is 0.0426. The monoisotopic (exact) mass is 259 g/mol. The zero-order valence-corrected chi connectivity index (χ0v) is 11.4. The predicted octanol–water partition coefficient (Wildman–Crippen LogP) is 2.18. The first kappa shape index (κ1) is 13.7. The van der Waals surface area contributed by atoms with Gasteiger partial charge in [0, 0.05) is 13.1 Å². The van der Waals surface area contributed by atoms with Crippen LogP contribution in [0.25, 0.3) is 10.9 Å². The highest BCUT2D eigenvalue weighted by Gasteiger charge is 2.02. The third kappa shape index (κ3) is 3.64. The second kappa shape index (κ2) is 7.04. The van der Waals surface area contributed by atoms with Crippen molar-refractivity contribution >= 4 is 10.9 Å². The smallest absolute Gasteiger partial charge is 0.261 e. The zero-order valence-electron chi connectivity index (χ0n) is 11.4. The van der Waals surface area contributed by atoms with Gasteiger partial charge in [0.1, 0.15) is 0 Å². The number of unbranched alkanes of at least 4 members (excludes halogenated alkanes) is 2. The van der Waals surface area contributed by atoms with Crippen molar-refractivity contribution in [3.63, 3.8) is 0 Å². The summed E-state index contributed by atoms with van der Waals surface area (Å²) in [7, 11) is 0. The van der Waals surface area contributed by atoms with Gasteiger partial charge in [-0.05, 0) is 25.1 Å². The quantitative estimate of drug-likeness (QED) is 0.775. The summed E-state index contributed by atoms with van der Waals surface area (Å²) in [5.74, 6) is 0. The standard InChI is InChI=1S/C15H21N3O/c1-2-3-6-9-16-10-11-18-12-17-14-8-5-4-7-13(14)15(18)19/h4-5,7-8,12,16H,2-3,6,9-11H2,1H3. The highest BCUT2D eigenvalue weighted by Crippen LogP contribution is 2.04. The fourth-order valence-electron chi connectivity index (χ4n) is 2.09. The van der Waals surface area contributed by atoms with Crippen LogP contribution in [0.4, 0.5) is 0 Å². The van der Waals surface area contributed by atoms with E-state index in [0.717, 1.165) is 18.6 Å². The van der Waals surface area contributed by atoms with Gasteiger partial charge < -0.3 is 5.32 Å². The molecule has 4 heteroatoms. The summed E-state index contributed by atoms with van der Waals surface area (Å²) in [6.45, 7) is 4.69. The summed E-state index contributed by atoms with van der Waals surface area (Å²) in [6, 6.07) is 7.47. The van der Waals surface area contributed by atoms with Gasteiger partial charge >= 0.3 is 0 Å². The maximum absolute atomic E-state index is 12.2. The molecule has 0 saturated carbocycles. The number of hydrogen-bond acceptors (Lipinski definition) is 3. The Balaban J connectivity index is 1.94. The average molecular weight is 259 g/mol. The van der Waals surface area contributed by atoms with Crippen LogP contribution in [-0.4, -0.2) is 22.6 Å². The van der Waals surface area contributed by atoms with E-state index in [4.69, 9.17) is 0 Å². The maximum Gasteiger partial charge on any atom is 0.261 e. The number of nitrogens with one attached hydrogen (secondary N) is 1. The lowest BCUT2D eigenvalue weighted by atomic mass is 10.2. The van der Waals surface area contributed by atoms with Crippen molar-refractivity contribution in [2.24, 2.45) is 0 Å². The number of rotatable bonds is 7. The first-order valence-electron chi connectivity index (χ1n) is 6.98. The summed E-state index contributed by atoms with van der Waals surface area (Å²) in [4.78, 5) is 16.5. The van der Waals surface area contributed by atoms with Crippen LogP contribution >= 0.6 is 0 Å². The summed E-state index contributed by atoms with van der Waals surface area (Å²) in [5, 5.41) is 4.05. The highest BCUT2D eigenvalue weighted by atomic mass is 16.1. The van der Waals surface area contributed by atoms with E-state index in [-0.39, 0.29) is 5.56 Å². The molecule has 102 valence electrons. The molecule has 0 radical (unpaired) electrons. The van der Waals surface area contributed by atoms with Gasteiger partial charge in [-0.2, -0.15) is 0 Å². The Bertz CT molecular complexity index is 577. The molecule has 1 N–H and O–H groups in total. The van der Waals surface area contributed by atoms with Crippen LogP contribution < -0.4 is 10.9 Å². The Labute approximate surface area is 113 Å². The van der Waals surface area contributed by atoms with Crippen molar-refractivity contribution in [2.45, 2.75) is 32.7 Å². The van der Waals surface area contributed by atoms with Crippen molar-refractivity contribution < 1.29 is 0 Å². The van der Waals surface area contributed by atoms with Gasteiger partial charge in [-0.15, -0.1) is 0 Å². The molecule has 0 saturated heterocycles. The molecule has 1 heterocycles. The van der Waals surface area contributed by atoms with Crippen molar-refractivity contribution in [3.05, 3.63) is 40.9 Å².